The molecule has 7 nitrogen and oxygen atoms in total. The number of hydrogen-bond acceptors (Lipinski definition) is 4. The molecule has 4 rings (SSSR count). The standard InChI is InChI=1S/C22H25N5O2/c1-14-8-10-18(11-9-14)27-16(3)22(15(2)24-27)23-20(28)13-26-21(29)12-17-6-4-5-7-19(17)25-26/h8-12H,4-7,13H2,1-3H3,(H,23,28). The SMILES string of the molecule is Cc1ccc(-n2nc(C)c(NC(=O)Cn3nc4c(cc3=O)CCCC4)c2C)cc1. The number of carbonyl (C=O) groups is 1. The summed E-state index contributed by atoms with van der Waals surface area (Å²) in [7, 11) is 0. The summed E-state index contributed by atoms with van der Waals surface area (Å²) in [6, 6.07) is 9.67. The van der Waals surface area contributed by atoms with Crippen molar-refractivity contribution in [3.05, 3.63) is 68.9 Å². The Hall–Kier alpha value is -3.22. The predicted octanol–water partition coefficient (Wildman–Crippen LogP) is 2.87. The minimum absolute atomic E-state index is 0.110. The Bertz CT molecular complexity index is 1130. The monoisotopic (exact) mass is 391 g/mol. The Balaban J connectivity index is 1.55. The summed E-state index contributed by atoms with van der Waals surface area (Å²) < 4.78 is 3.07. The topological polar surface area (TPSA) is 81.8 Å². The van der Waals surface area contributed by atoms with Gasteiger partial charge < -0.3 is 5.32 Å². The highest BCUT2D eigenvalue weighted by Crippen LogP contribution is 2.23. The second kappa shape index (κ2) is 7.66. The molecular weight excluding hydrogens is 366 g/mol. The highest BCUT2D eigenvalue weighted by Gasteiger charge is 2.18. The zero-order valence-electron chi connectivity index (χ0n) is 17.0. The molecule has 1 aliphatic rings. The number of aromatic nitrogens is 4. The summed E-state index contributed by atoms with van der Waals surface area (Å²) in [4.78, 5) is 25.0. The maximum atomic E-state index is 12.6. The van der Waals surface area contributed by atoms with Crippen molar-refractivity contribution >= 4 is 11.6 Å². The van der Waals surface area contributed by atoms with Gasteiger partial charge in [0.1, 0.15) is 6.54 Å². The van der Waals surface area contributed by atoms with Crippen molar-refractivity contribution < 1.29 is 4.79 Å². The normalized spacial score (nSPS) is 13.2. The van der Waals surface area contributed by atoms with E-state index in [1.807, 2.05) is 49.7 Å². The van der Waals surface area contributed by atoms with Crippen molar-refractivity contribution in [1.29, 1.82) is 0 Å². The van der Waals surface area contributed by atoms with E-state index in [1.54, 1.807) is 6.07 Å². The number of benzene rings is 1. The number of hydrogen-bond donors (Lipinski definition) is 1. The lowest BCUT2D eigenvalue weighted by molar-refractivity contribution is -0.117. The molecule has 0 unspecified atom stereocenters. The third-order valence-corrected chi connectivity index (χ3v) is 5.40. The van der Waals surface area contributed by atoms with Gasteiger partial charge in [0.05, 0.1) is 28.5 Å². The summed E-state index contributed by atoms with van der Waals surface area (Å²) >= 11 is 0. The molecule has 2 heterocycles. The average molecular weight is 391 g/mol. The van der Waals surface area contributed by atoms with E-state index in [4.69, 9.17) is 0 Å². The Morgan fingerprint density at radius 3 is 2.55 bits per heavy atom. The molecule has 1 aliphatic carbocycles. The Labute approximate surface area is 169 Å². The van der Waals surface area contributed by atoms with Crippen LogP contribution >= 0.6 is 0 Å². The summed E-state index contributed by atoms with van der Waals surface area (Å²) in [5.74, 6) is -0.287. The molecular formula is C22H25N5O2. The predicted molar refractivity (Wildman–Crippen MR) is 112 cm³/mol. The fourth-order valence-corrected chi connectivity index (χ4v) is 3.79. The largest absolute Gasteiger partial charge is 0.321 e. The first kappa shape index (κ1) is 19.1. The first-order valence-electron chi connectivity index (χ1n) is 9.95. The van der Waals surface area contributed by atoms with E-state index in [1.165, 1.54) is 10.2 Å². The number of carbonyl (C=O) groups excluding carboxylic acids is 1. The first-order valence-corrected chi connectivity index (χ1v) is 9.95. The van der Waals surface area contributed by atoms with E-state index in [2.05, 4.69) is 15.5 Å². The van der Waals surface area contributed by atoms with Gasteiger partial charge in [-0.3, -0.25) is 9.59 Å². The van der Waals surface area contributed by atoms with Crippen LogP contribution in [0.25, 0.3) is 5.69 Å². The lowest BCUT2D eigenvalue weighted by atomic mass is 9.97. The van der Waals surface area contributed by atoms with E-state index in [-0.39, 0.29) is 18.0 Å². The van der Waals surface area contributed by atoms with Crippen LogP contribution in [-0.2, 0) is 24.2 Å². The molecule has 0 spiro atoms. The summed E-state index contributed by atoms with van der Waals surface area (Å²) in [6.07, 6.45) is 3.91. The molecule has 1 aromatic carbocycles. The molecule has 0 radical (unpaired) electrons. The Morgan fingerprint density at radius 2 is 1.79 bits per heavy atom. The van der Waals surface area contributed by atoms with Crippen LogP contribution in [0.15, 0.2) is 35.1 Å². The minimum Gasteiger partial charge on any atom is -0.321 e. The molecule has 1 amide bonds. The highest BCUT2D eigenvalue weighted by molar-refractivity contribution is 5.91. The van der Waals surface area contributed by atoms with Crippen molar-refractivity contribution in [1.82, 2.24) is 19.6 Å². The van der Waals surface area contributed by atoms with Gasteiger partial charge in [-0.1, -0.05) is 17.7 Å². The molecule has 0 aliphatic heterocycles. The van der Waals surface area contributed by atoms with Crippen molar-refractivity contribution in [2.45, 2.75) is 53.0 Å². The number of aryl methyl sites for hydroxylation is 4. The maximum absolute atomic E-state index is 12.6. The van der Waals surface area contributed by atoms with Crippen LogP contribution in [0, 0.1) is 20.8 Å². The molecule has 2 aromatic heterocycles. The molecule has 1 N–H and O–H groups in total. The van der Waals surface area contributed by atoms with Crippen molar-refractivity contribution in [2.24, 2.45) is 0 Å². The van der Waals surface area contributed by atoms with E-state index in [0.29, 0.717) is 5.69 Å². The maximum Gasteiger partial charge on any atom is 0.267 e. The third kappa shape index (κ3) is 3.85. The van der Waals surface area contributed by atoms with E-state index < -0.39 is 0 Å². The van der Waals surface area contributed by atoms with Gasteiger partial charge in [-0.05, 0) is 64.2 Å². The molecule has 0 atom stereocenters. The molecule has 0 saturated heterocycles. The van der Waals surface area contributed by atoms with Crippen molar-refractivity contribution in [2.75, 3.05) is 5.32 Å². The van der Waals surface area contributed by atoms with Crippen LogP contribution in [0.2, 0.25) is 0 Å². The Morgan fingerprint density at radius 1 is 1.07 bits per heavy atom. The smallest absolute Gasteiger partial charge is 0.267 e. The molecule has 29 heavy (non-hydrogen) atoms. The van der Waals surface area contributed by atoms with Crippen LogP contribution in [0.5, 0.6) is 0 Å². The van der Waals surface area contributed by atoms with Crippen LogP contribution in [-0.4, -0.2) is 25.5 Å². The summed E-state index contributed by atoms with van der Waals surface area (Å²) in [5, 5.41) is 11.9. The van der Waals surface area contributed by atoms with Crippen LogP contribution in [0.1, 0.15) is 41.1 Å². The fraction of sp³-hybridized carbons (Fsp3) is 0.364. The number of amides is 1. The lowest BCUT2D eigenvalue weighted by Gasteiger charge is -2.15. The van der Waals surface area contributed by atoms with Gasteiger partial charge >= 0.3 is 0 Å². The van der Waals surface area contributed by atoms with Gasteiger partial charge in [0.2, 0.25) is 5.91 Å². The zero-order chi connectivity index (χ0) is 20.5. The van der Waals surface area contributed by atoms with Gasteiger partial charge in [-0.15, -0.1) is 0 Å². The van der Waals surface area contributed by atoms with Crippen LogP contribution in [0.3, 0.4) is 0 Å². The van der Waals surface area contributed by atoms with E-state index in [9.17, 15) is 9.59 Å². The zero-order valence-corrected chi connectivity index (χ0v) is 17.0. The van der Waals surface area contributed by atoms with Gasteiger partial charge in [0.15, 0.2) is 0 Å². The highest BCUT2D eigenvalue weighted by atomic mass is 16.2. The third-order valence-electron chi connectivity index (χ3n) is 5.40. The first-order chi connectivity index (χ1) is 13.9. The number of fused-ring (bicyclic) bond motifs is 1. The molecule has 0 bridgehead atoms. The fourth-order valence-electron chi connectivity index (χ4n) is 3.79. The van der Waals surface area contributed by atoms with Crippen LogP contribution in [0.4, 0.5) is 5.69 Å². The number of anilines is 1. The van der Waals surface area contributed by atoms with Gasteiger partial charge in [-0.25, -0.2) is 9.36 Å². The number of rotatable bonds is 4. The number of nitrogens with one attached hydrogen (secondary N) is 1. The molecule has 3 aromatic rings. The van der Waals surface area contributed by atoms with E-state index >= 15 is 0 Å². The lowest BCUT2D eigenvalue weighted by Crippen LogP contribution is -2.31. The van der Waals surface area contributed by atoms with E-state index in [0.717, 1.165) is 54.0 Å². The summed E-state index contributed by atoms with van der Waals surface area (Å²) in [5.41, 5.74) is 6.06. The van der Waals surface area contributed by atoms with Crippen LogP contribution < -0.4 is 10.9 Å². The van der Waals surface area contributed by atoms with Gasteiger partial charge in [0.25, 0.3) is 5.56 Å². The average Bonchev–Trinajstić information content (AvgIpc) is 2.97. The molecule has 7 heteroatoms. The summed E-state index contributed by atoms with van der Waals surface area (Å²) in [6.45, 7) is 5.70. The second-order valence-electron chi connectivity index (χ2n) is 7.66. The Kier molecular flexibility index (Phi) is 5.05. The molecule has 150 valence electrons. The van der Waals surface area contributed by atoms with Crippen molar-refractivity contribution in [3.63, 3.8) is 0 Å². The molecule has 0 saturated carbocycles. The minimum atomic E-state index is -0.287. The second-order valence-corrected chi connectivity index (χ2v) is 7.66. The van der Waals surface area contributed by atoms with Gasteiger partial charge in [-0.2, -0.15) is 10.2 Å². The number of nitrogens with zero attached hydrogens (tertiary/aromatic N) is 4. The van der Waals surface area contributed by atoms with Crippen molar-refractivity contribution in [3.8, 4) is 5.69 Å². The van der Waals surface area contributed by atoms with Gasteiger partial charge in [0, 0.05) is 6.07 Å². The quantitative estimate of drug-likeness (QED) is 0.741. The molecule has 0 fully saturated rings.